The number of rotatable bonds is 9. The number of ether oxygens (including phenoxy) is 1. The number of para-hydroxylation sites is 2. The minimum absolute atomic E-state index is 0. The number of carbonyl (C=O) groups is 1. The maximum absolute atomic E-state index is 13.8. The smallest absolute Gasteiger partial charge is 0.455 e. The van der Waals surface area contributed by atoms with Gasteiger partial charge in [0.2, 0.25) is 0 Å². The summed E-state index contributed by atoms with van der Waals surface area (Å²) in [4.78, 5) is 23.2. The molecule has 9 rings (SSSR count). The molecular formula is C53H39EuF3O7P2. The topological polar surface area (TPSA) is 111 Å². The van der Waals surface area contributed by atoms with Gasteiger partial charge in [-0.3, -0.25) is 4.79 Å². The van der Waals surface area contributed by atoms with Crippen molar-refractivity contribution in [3.05, 3.63) is 247 Å². The molecule has 1 N–H and O–H groups in total. The first-order chi connectivity index (χ1) is 31.4. The molecule has 0 atom stereocenters. The molecule has 0 aliphatic heterocycles. The third-order valence-electron chi connectivity index (χ3n) is 10.0. The van der Waals surface area contributed by atoms with Crippen LogP contribution in [0.15, 0.2) is 240 Å². The van der Waals surface area contributed by atoms with E-state index in [1.807, 2.05) is 182 Å². The Hall–Kier alpha value is -5.93. The second-order valence-corrected chi connectivity index (χ2v) is 19.8. The van der Waals surface area contributed by atoms with E-state index in [1.54, 1.807) is 30.3 Å². The van der Waals surface area contributed by atoms with Crippen LogP contribution in [0.5, 0.6) is 17.2 Å². The van der Waals surface area contributed by atoms with E-state index < -0.39 is 43.2 Å². The minimum atomic E-state index is -5.32. The monoisotopic (exact) mass is 1060 g/mol. The van der Waals surface area contributed by atoms with E-state index in [4.69, 9.17) is 9.15 Å². The van der Waals surface area contributed by atoms with Gasteiger partial charge in [0, 0.05) is 81.2 Å². The van der Waals surface area contributed by atoms with E-state index in [-0.39, 0.29) is 66.1 Å². The van der Waals surface area contributed by atoms with Gasteiger partial charge in [-0.05, 0) is 24.3 Å². The standard InChI is InChI=1S/2C18H15OP.C17H9F3O5.Eu/c2*19-20(16-10-4-1-5-11-16,17-12-6-2-7-13-17)18-14-8-3-9-15-18;18-17(19,20)15(22)12-13(21)10-7-4-8-11(14(10)25-16(12)23)24-9-5-2-1-3-6-9;/h2*1-15H;1-8,21H;. The van der Waals surface area contributed by atoms with E-state index >= 15 is 0 Å². The number of Topliss-reactive ketones (excluding diaryl/α,β-unsaturated/α-hetero) is 1. The average Bonchev–Trinajstić information content (AvgIpc) is 3.36. The normalized spacial score (nSPS) is 11.1. The molecule has 0 saturated carbocycles. The predicted octanol–water partition coefficient (Wildman–Crippen LogP) is 10.7. The average molecular weight is 1060 g/mol. The van der Waals surface area contributed by atoms with Gasteiger partial charge in [-0.15, -0.1) is 0 Å². The van der Waals surface area contributed by atoms with Crippen LogP contribution in [-0.4, -0.2) is 17.1 Å². The summed E-state index contributed by atoms with van der Waals surface area (Å²) >= 11 is 0. The fourth-order valence-corrected chi connectivity index (χ4v) is 12.3. The summed E-state index contributed by atoms with van der Waals surface area (Å²) in [6.07, 6.45) is -5.32. The van der Waals surface area contributed by atoms with Gasteiger partial charge < -0.3 is 23.4 Å². The number of ketones is 1. The molecule has 66 heavy (non-hydrogen) atoms. The molecule has 8 aromatic carbocycles. The number of halogens is 3. The molecule has 0 amide bonds. The first-order valence-corrected chi connectivity index (χ1v) is 23.5. The third-order valence-corrected chi connectivity index (χ3v) is 16.2. The molecule has 7 nitrogen and oxygen atoms in total. The molecule has 0 aliphatic carbocycles. The molecule has 0 unspecified atom stereocenters. The van der Waals surface area contributed by atoms with Gasteiger partial charge in [0.05, 0.1) is 5.39 Å². The molecule has 13 heteroatoms. The predicted molar refractivity (Wildman–Crippen MR) is 253 cm³/mol. The zero-order valence-corrected chi connectivity index (χ0v) is 39.0. The van der Waals surface area contributed by atoms with E-state index in [0.717, 1.165) is 31.8 Å². The summed E-state index contributed by atoms with van der Waals surface area (Å²) in [6.45, 7) is 0. The van der Waals surface area contributed by atoms with Crippen molar-refractivity contribution >= 4 is 62.9 Å². The van der Waals surface area contributed by atoms with Gasteiger partial charge in [0.25, 0.3) is 5.78 Å². The van der Waals surface area contributed by atoms with Crippen LogP contribution in [0.3, 0.4) is 0 Å². The van der Waals surface area contributed by atoms with E-state index in [9.17, 15) is 37.0 Å². The zero-order chi connectivity index (χ0) is 45.9. The van der Waals surface area contributed by atoms with Crippen molar-refractivity contribution in [3.8, 4) is 17.2 Å². The molecule has 1 heterocycles. The summed E-state index contributed by atoms with van der Waals surface area (Å²) in [5, 5.41) is 15.0. The Morgan fingerprint density at radius 1 is 0.470 bits per heavy atom. The Balaban J connectivity index is 0.000000164. The molecule has 9 aromatic rings. The molecule has 1 aromatic heterocycles. The Morgan fingerprint density at radius 3 is 1.08 bits per heavy atom. The summed E-state index contributed by atoms with van der Waals surface area (Å²) in [6, 6.07) is 70.6. The van der Waals surface area contributed by atoms with Gasteiger partial charge in [0.1, 0.15) is 11.5 Å². The maximum atomic E-state index is 13.8. The number of benzene rings is 8. The van der Waals surface area contributed by atoms with Gasteiger partial charge in [-0.1, -0.05) is 206 Å². The Morgan fingerprint density at radius 2 is 0.773 bits per heavy atom. The van der Waals surface area contributed by atoms with Crippen molar-refractivity contribution in [3.63, 3.8) is 0 Å². The minimum Gasteiger partial charge on any atom is -0.506 e. The van der Waals surface area contributed by atoms with Crippen LogP contribution >= 0.6 is 14.3 Å². The summed E-state index contributed by atoms with van der Waals surface area (Å²) in [5.41, 5.74) is -3.33. The largest absolute Gasteiger partial charge is 0.506 e. The molecule has 331 valence electrons. The number of fused-ring (bicyclic) bond motifs is 1. The van der Waals surface area contributed by atoms with Crippen LogP contribution in [0, 0.1) is 49.4 Å². The van der Waals surface area contributed by atoms with Crippen molar-refractivity contribution in [2.24, 2.45) is 0 Å². The third kappa shape index (κ3) is 11.2. The summed E-state index contributed by atoms with van der Waals surface area (Å²) in [7, 11) is -5.55. The fourth-order valence-electron chi connectivity index (χ4n) is 6.94. The molecular weight excluding hydrogens is 1020 g/mol. The number of hydrogen-bond acceptors (Lipinski definition) is 7. The second-order valence-electron chi connectivity index (χ2n) is 14.2. The van der Waals surface area contributed by atoms with Crippen molar-refractivity contribution in [1.29, 1.82) is 0 Å². The molecule has 0 aliphatic rings. The summed E-state index contributed by atoms with van der Waals surface area (Å²) in [5.74, 6) is -3.20. The molecule has 0 saturated heterocycles. The van der Waals surface area contributed by atoms with Crippen LogP contribution in [0.25, 0.3) is 11.0 Å². The van der Waals surface area contributed by atoms with Gasteiger partial charge in [-0.25, -0.2) is 4.79 Å². The number of hydrogen-bond donors (Lipinski definition) is 1. The molecule has 1 radical (unpaired) electrons. The van der Waals surface area contributed by atoms with Gasteiger partial charge >= 0.3 is 11.8 Å². The van der Waals surface area contributed by atoms with Gasteiger partial charge in [0.15, 0.2) is 31.2 Å². The van der Waals surface area contributed by atoms with Crippen molar-refractivity contribution in [2.75, 3.05) is 0 Å². The van der Waals surface area contributed by atoms with E-state index in [2.05, 4.69) is 0 Å². The summed E-state index contributed by atoms with van der Waals surface area (Å²) < 4.78 is 75.8. The fraction of sp³-hybridized carbons (Fsp3) is 0.0189. The first-order valence-electron chi connectivity index (χ1n) is 20.1. The quantitative estimate of drug-likeness (QED) is 0.0871. The van der Waals surface area contributed by atoms with Gasteiger partial charge in [-0.2, -0.15) is 13.2 Å². The molecule has 0 spiro atoms. The Bertz CT molecular complexity index is 2810. The first kappa shape index (κ1) is 49.5. The van der Waals surface area contributed by atoms with Crippen LogP contribution in [0.1, 0.15) is 10.4 Å². The molecule has 0 bridgehead atoms. The van der Waals surface area contributed by atoms with E-state index in [1.165, 1.54) is 18.2 Å². The van der Waals surface area contributed by atoms with Crippen molar-refractivity contribution < 1.29 is 90.7 Å². The van der Waals surface area contributed by atoms with Crippen molar-refractivity contribution in [2.45, 2.75) is 6.18 Å². The van der Waals surface area contributed by atoms with Crippen LogP contribution < -0.4 is 42.2 Å². The SMILES string of the molecule is O=C(c1c(O)c2cccc(Oc3ccccc3)c2oc1=O)C(F)(F)F.O=P(c1ccccc1)(c1ccccc1)c1ccccc1.O=P(c1ccccc1)(c1ccccc1)c1ccccc1.[Eu]. The van der Waals surface area contributed by atoms with Crippen LogP contribution in [0.4, 0.5) is 13.2 Å². The Kier molecular flexibility index (Phi) is 16.9. The van der Waals surface area contributed by atoms with Crippen molar-refractivity contribution in [1.82, 2.24) is 0 Å². The second kappa shape index (κ2) is 22.5. The Labute approximate surface area is 419 Å². The maximum Gasteiger partial charge on any atom is 0.455 e. The molecule has 0 fully saturated rings. The zero-order valence-electron chi connectivity index (χ0n) is 34.7. The van der Waals surface area contributed by atoms with Crippen LogP contribution in [0.2, 0.25) is 0 Å². The van der Waals surface area contributed by atoms with E-state index in [0.29, 0.717) is 5.75 Å². The number of carbonyl (C=O) groups excluding carboxylic acids is 1. The van der Waals surface area contributed by atoms with Crippen LogP contribution in [-0.2, 0) is 9.13 Å². The number of aromatic hydroxyl groups is 1. The number of alkyl halides is 3.